The Labute approximate surface area is 131 Å². The fourth-order valence-corrected chi connectivity index (χ4v) is 2.80. The number of hydrogen-bond donors (Lipinski definition) is 1. The molecule has 0 fully saturated rings. The molecule has 21 heavy (non-hydrogen) atoms. The molecule has 0 aromatic carbocycles. The molecule has 0 heterocycles. The average Bonchev–Trinajstić information content (AvgIpc) is 2.50. The lowest BCUT2D eigenvalue weighted by Gasteiger charge is -2.06. The number of aliphatic hydroxyl groups excluding tert-OH is 1. The lowest BCUT2D eigenvalue weighted by Crippen LogP contribution is -2.05. The van der Waals surface area contributed by atoms with Crippen LogP contribution in [0.25, 0.3) is 0 Å². The normalized spacial score (nSPS) is 12.5. The summed E-state index contributed by atoms with van der Waals surface area (Å²) in [7, 11) is 0. The molecule has 0 aliphatic carbocycles. The zero-order valence-corrected chi connectivity index (χ0v) is 14.2. The topological polar surface area (TPSA) is 49.7 Å². The number of nitrogens with zero attached hydrogens (tertiary/aromatic N) is 1. The summed E-state index contributed by atoms with van der Waals surface area (Å²) in [6.07, 6.45) is 18.8. The smallest absolute Gasteiger partial charge is 0.0941 e. The minimum atomic E-state index is -0.164. The average molecular weight is 299 g/mol. The monoisotopic (exact) mass is 299 g/mol. The van der Waals surface area contributed by atoms with E-state index in [4.69, 9.17) is 5.11 Å². The van der Waals surface area contributed by atoms with Gasteiger partial charge in [-0.25, -0.2) is 0 Å². The van der Waals surface area contributed by atoms with E-state index in [-0.39, 0.29) is 12.6 Å². The molecular weight excluding hydrogens is 262 g/mol. The van der Waals surface area contributed by atoms with E-state index in [2.05, 4.69) is 12.1 Å². The van der Waals surface area contributed by atoms with Crippen LogP contribution >= 0.6 is 0 Å². The predicted molar refractivity (Wildman–Crippen MR) is 91.6 cm³/mol. The molecule has 0 spiro atoms. The molecule has 1 unspecified atom stereocenters. The molecule has 0 rings (SSSR count). The van der Waals surface area contributed by atoms with Crippen LogP contribution in [0.3, 0.4) is 0 Å². The fraction of sp³-hybridized carbons (Fsp3) is 1.00. The number of aliphatic hydroxyl groups is 1. The van der Waals surface area contributed by atoms with Crippen molar-refractivity contribution in [2.24, 2.45) is 5.18 Å². The molecule has 0 aliphatic rings. The molecule has 3 nitrogen and oxygen atoms in total. The van der Waals surface area contributed by atoms with Gasteiger partial charge in [0.05, 0.1) is 6.04 Å². The standard InChI is InChI=1S/C18H37NO2/c1-2-3-4-5-6-7-8-9-10-11-12-13-14-15-18(19-21)16-17-20/h18,20H,2-17H2,1H3. The molecule has 0 bridgehead atoms. The molecule has 1 N–H and O–H groups in total. The second-order valence-corrected chi connectivity index (χ2v) is 6.30. The van der Waals surface area contributed by atoms with Gasteiger partial charge in [0.1, 0.15) is 0 Å². The molecule has 1 atom stereocenters. The van der Waals surface area contributed by atoms with Crippen LogP contribution in [-0.4, -0.2) is 17.8 Å². The maximum Gasteiger partial charge on any atom is 0.0941 e. The van der Waals surface area contributed by atoms with E-state index in [1.54, 1.807) is 0 Å². The third-order valence-corrected chi connectivity index (χ3v) is 4.25. The largest absolute Gasteiger partial charge is 0.396 e. The van der Waals surface area contributed by atoms with Crippen molar-refractivity contribution in [3.8, 4) is 0 Å². The SMILES string of the molecule is CCCCCCCCCCCCCCCC(CCO)N=O. The summed E-state index contributed by atoms with van der Waals surface area (Å²) in [6, 6.07) is -0.164. The Morgan fingerprint density at radius 2 is 1.14 bits per heavy atom. The van der Waals surface area contributed by atoms with Crippen molar-refractivity contribution in [1.29, 1.82) is 0 Å². The van der Waals surface area contributed by atoms with Crippen molar-refractivity contribution in [3.63, 3.8) is 0 Å². The maximum absolute atomic E-state index is 10.5. The van der Waals surface area contributed by atoms with Gasteiger partial charge in [-0.3, -0.25) is 0 Å². The van der Waals surface area contributed by atoms with Crippen LogP contribution in [0.15, 0.2) is 5.18 Å². The molecule has 0 saturated heterocycles. The molecule has 0 aromatic heterocycles. The molecule has 0 saturated carbocycles. The van der Waals surface area contributed by atoms with Crippen molar-refractivity contribution in [1.82, 2.24) is 0 Å². The quantitative estimate of drug-likeness (QED) is 0.265. The van der Waals surface area contributed by atoms with E-state index >= 15 is 0 Å². The second kappa shape index (κ2) is 17.6. The first-order chi connectivity index (χ1) is 10.3. The van der Waals surface area contributed by atoms with Gasteiger partial charge in [0.15, 0.2) is 0 Å². The molecule has 0 aliphatic heterocycles. The van der Waals surface area contributed by atoms with Crippen LogP contribution in [0.2, 0.25) is 0 Å². The summed E-state index contributed by atoms with van der Waals surface area (Å²) < 4.78 is 0. The highest BCUT2D eigenvalue weighted by atomic mass is 16.3. The summed E-state index contributed by atoms with van der Waals surface area (Å²) in [6.45, 7) is 2.34. The van der Waals surface area contributed by atoms with E-state index in [1.165, 1.54) is 77.0 Å². The summed E-state index contributed by atoms with van der Waals surface area (Å²) in [5.41, 5.74) is 0. The van der Waals surface area contributed by atoms with E-state index in [9.17, 15) is 4.91 Å². The first kappa shape index (κ1) is 20.6. The third kappa shape index (κ3) is 15.8. The van der Waals surface area contributed by atoms with Gasteiger partial charge >= 0.3 is 0 Å². The van der Waals surface area contributed by atoms with E-state index in [1.807, 2.05) is 0 Å². The first-order valence-electron chi connectivity index (χ1n) is 9.28. The zero-order valence-electron chi connectivity index (χ0n) is 14.2. The van der Waals surface area contributed by atoms with Gasteiger partial charge in [-0.05, 0) is 12.8 Å². The Morgan fingerprint density at radius 1 is 0.714 bits per heavy atom. The minimum Gasteiger partial charge on any atom is -0.396 e. The van der Waals surface area contributed by atoms with Gasteiger partial charge in [0.25, 0.3) is 0 Å². The number of hydrogen-bond acceptors (Lipinski definition) is 3. The maximum atomic E-state index is 10.5. The Balaban J connectivity index is 3.10. The van der Waals surface area contributed by atoms with Crippen LogP contribution in [0.1, 0.15) is 103 Å². The van der Waals surface area contributed by atoms with Crippen molar-refractivity contribution in [2.45, 2.75) is 109 Å². The van der Waals surface area contributed by atoms with Crippen molar-refractivity contribution >= 4 is 0 Å². The lowest BCUT2D eigenvalue weighted by molar-refractivity contribution is 0.272. The number of nitroso groups, excluding NO2 is 1. The summed E-state index contributed by atoms with van der Waals surface area (Å²) >= 11 is 0. The van der Waals surface area contributed by atoms with E-state index < -0.39 is 0 Å². The second-order valence-electron chi connectivity index (χ2n) is 6.30. The van der Waals surface area contributed by atoms with Crippen molar-refractivity contribution < 1.29 is 5.11 Å². The highest BCUT2D eigenvalue weighted by molar-refractivity contribution is 4.64. The van der Waals surface area contributed by atoms with Gasteiger partial charge in [-0.1, -0.05) is 95.6 Å². The number of unbranched alkanes of at least 4 members (excludes halogenated alkanes) is 12. The van der Waals surface area contributed by atoms with Gasteiger partial charge in [0, 0.05) is 6.61 Å². The fourth-order valence-electron chi connectivity index (χ4n) is 2.80. The summed E-state index contributed by atoms with van der Waals surface area (Å²) in [5.74, 6) is 0. The lowest BCUT2D eigenvalue weighted by atomic mass is 10.0. The number of rotatable bonds is 17. The molecule has 0 radical (unpaired) electrons. The van der Waals surface area contributed by atoms with Crippen LogP contribution < -0.4 is 0 Å². The molecule has 0 amide bonds. The minimum absolute atomic E-state index is 0.0782. The molecule has 126 valence electrons. The summed E-state index contributed by atoms with van der Waals surface area (Å²) in [5, 5.41) is 11.8. The van der Waals surface area contributed by atoms with Gasteiger partial charge in [-0.2, -0.15) is 4.91 Å². The van der Waals surface area contributed by atoms with Crippen molar-refractivity contribution in [3.05, 3.63) is 4.91 Å². The van der Waals surface area contributed by atoms with Gasteiger partial charge < -0.3 is 5.11 Å². The van der Waals surface area contributed by atoms with E-state index in [0.29, 0.717) is 6.42 Å². The van der Waals surface area contributed by atoms with Crippen molar-refractivity contribution in [2.75, 3.05) is 6.61 Å². The zero-order chi connectivity index (χ0) is 15.6. The predicted octanol–water partition coefficient (Wildman–Crippen LogP) is 5.99. The van der Waals surface area contributed by atoms with Gasteiger partial charge in [-0.15, -0.1) is 0 Å². The highest BCUT2D eigenvalue weighted by Gasteiger charge is 2.06. The molecule has 3 heteroatoms. The molecule has 0 aromatic rings. The van der Waals surface area contributed by atoms with Crippen LogP contribution in [0, 0.1) is 4.91 Å². The van der Waals surface area contributed by atoms with Crippen LogP contribution in [0.5, 0.6) is 0 Å². The first-order valence-corrected chi connectivity index (χ1v) is 9.28. The highest BCUT2D eigenvalue weighted by Crippen LogP contribution is 2.14. The molecular formula is C18H37NO2. The van der Waals surface area contributed by atoms with E-state index in [0.717, 1.165) is 12.8 Å². The van der Waals surface area contributed by atoms with Crippen LogP contribution in [0.4, 0.5) is 0 Å². The third-order valence-electron chi connectivity index (χ3n) is 4.25. The summed E-state index contributed by atoms with van der Waals surface area (Å²) in [4.78, 5) is 10.5. The van der Waals surface area contributed by atoms with Crippen LogP contribution in [-0.2, 0) is 0 Å². The Morgan fingerprint density at radius 3 is 1.52 bits per heavy atom. The Kier molecular flexibility index (Phi) is 17.2. The Bertz CT molecular complexity index is 209. The van der Waals surface area contributed by atoms with Gasteiger partial charge in [0.2, 0.25) is 0 Å². The Hall–Kier alpha value is -0.440.